The predicted molar refractivity (Wildman–Crippen MR) is 114 cm³/mol. The molecule has 6 heteroatoms. The third kappa shape index (κ3) is 7.48. The van der Waals surface area contributed by atoms with Crippen molar-refractivity contribution in [2.24, 2.45) is 4.99 Å². The van der Waals surface area contributed by atoms with Crippen LogP contribution in [0.15, 0.2) is 53.5 Å². The molecule has 0 fully saturated rings. The van der Waals surface area contributed by atoms with Gasteiger partial charge in [-0.05, 0) is 37.5 Å². The number of methoxy groups -OCH3 is 1. The maximum absolute atomic E-state index is 5.71. The Morgan fingerprint density at radius 3 is 2.57 bits per heavy atom. The molecule has 0 aliphatic rings. The second-order valence-corrected chi connectivity index (χ2v) is 6.17. The van der Waals surface area contributed by atoms with Crippen molar-refractivity contribution in [2.45, 2.75) is 26.4 Å². The van der Waals surface area contributed by atoms with Crippen LogP contribution in [0.1, 0.15) is 25.3 Å². The molecule has 2 N–H and O–H groups in total. The zero-order valence-electron chi connectivity index (χ0n) is 17.0. The molecule has 2 aromatic rings. The van der Waals surface area contributed by atoms with Gasteiger partial charge in [0.1, 0.15) is 0 Å². The lowest BCUT2D eigenvalue weighted by Crippen LogP contribution is -2.31. The number of ether oxygens (including phenoxy) is 3. The second kappa shape index (κ2) is 12.6. The van der Waals surface area contributed by atoms with Crippen molar-refractivity contribution in [3.8, 4) is 11.5 Å². The summed E-state index contributed by atoms with van der Waals surface area (Å²) >= 11 is 0. The van der Waals surface area contributed by atoms with Crippen molar-refractivity contribution in [1.29, 1.82) is 0 Å². The zero-order valence-corrected chi connectivity index (χ0v) is 17.0. The highest BCUT2D eigenvalue weighted by Gasteiger charge is 2.06. The first-order valence-electron chi connectivity index (χ1n) is 9.67. The van der Waals surface area contributed by atoms with Crippen molar-refractivity contribution >= 4 is 11.6 Å². The molecule has 0 aliphatic carbocycles. The van der Waals surface area contributed by atoms with E-state index in [-0.39, 0.29) is 0 Å². The first kappa shape index (κ1) is 21.6. The summed E-state index contributed by atoms with van der Waals surface area (Å²) in [4.78, 5) is 4.26. The van der Waals surface area contributed by atoms with E-state index in [0.29, 0.717) is 19.0 Å². The molecule has 0 unspecified atom stereocenters. The number of hydrogen-bond acceptors (Lipinski definition) is 4. The molecular weight excluding hydrogens is 354 g/mol. The molecule has 0 saturated heterocycles. The van der Waals surface area contributed by atoms with Crippen LogP contribution in [-0.2, 0) is 11.3 Å². The minimum atomic E-state index is 0.599. The number of aliphatic imine (C=N–C) groups is 1. The van der Waals surface area contributed by atoms with E-state index in [1.54, 1.807) is 14.2 Å². The van der Waals surface area contributed by atoms with Gasteiger partial charge in [-0.25, -0.2) is 0 Å². The molecule has 0 saturated carbocycles. The highest BCUT2D eigenvalue weighted by Crippen LogP contribution is 2.30. The number of rotatable bonds is 11. The van der Waals surface area contributed by atoms with E-state index < -0.39 is 0 Å². The highest BCUT2D eigenvalue weighted by molar-refractivity contribution is 5.93. The molecule has 152 valence electrons. The van der Waals surface area contributed by atoms with Gasteiger partial charge in [0.15, 0.2) is 17.5 Å². The minimum Gasteiger partial charge on any atom is -0.493 e. The summed E-state index contributed by atoms with van der Waals surface area (Å²) in [5.41, 5.74) is 2.09. The van der Waals surface area contributed by atoms with E-state index in [1.165, 1.54) is 5.56 Å². The third-order valence-electron chi connectivity index (χ3n) is 4.07. The van der Waals surface area contributed by atoms with Gasteiger partial charge in [-0.2, -0.15) is 0 Å². The molecular formula is C22H31N3O3. The van der Waals surface area contributed by atoms with Crippen LogP contribution >= 0.6 is 0 Å². The molecule has 0 aliphatic heterocycles. The molecule has 6 nitrogen and oxygen atoms in total. The summed E-state index contributed by atoms with van der Waals surface area (Å²) < 4.78 is 16.6. The maximum Gasteiger partial charge on any atom is 0.195 e. The smallest absolute Gasteiger partial charge is 0.195 e. The maximum atomic E-state index is 5.71. The highest BCUT2D eigenvalue weighted by atomic mass is 16.5. The molecule has 28 heavy (non-hydrogen) atoms. The van der Waals surface area contributed by atoms with Gasteiger partial charge >= 0.3 is 0 Å². The number of guanidine groups is 1. The Hall–Kier alpha value is -2.73. The molecule has 0 heterocycles. The van der Waals surface area contributed by atoms with Gasteiger partial charge in [0.05, 0.1) is 20.3 Å². The van der Waals surface area contributed by atoms with Gasteiger partial charge in [0.2, 0.25) is 0 Å². The Labute approximate surface area is 167 Å². The van der Waals surface area contributed by atoms with Gasteiger partial charge in [-0.1, -0.05) is 30.3 Å². The molecule has 0 amide bonds. The molecule has 0 bridgehead atoms. The normalized spacial score (nSPS) is 11.2. The number of nitrogens with one attached hydrogen (secondary N) is 2. The lowest BCUT2D eigenvalue weighted by molar-refractivity contribution is 0.117. The van der Waals surface area contributed by atoms with Gasteiger partial charge in [0, 0.05) is 32.0 Å². The molecule has 2 rings (SSSR count). The van der Waals surface area contributed by atoms with Crippen molar-refractivity contribution in [3.63, 3.8) is 0 Å². The third-order valence-corrected chi connectivity index (χ3v) is 4.07. The van der Waals surface area contributed by atoms with E-state index in [9.17, 15) is 0 Å². The van der Waals surface area contributed by atoms with Crippen LogP contribution in [0.2, 0.25) is 0 Å². The Balaban J connectivity index is 1.67. The van der Waals surface area contributed by atoms with Crippen LogP contribution in [0.4, 0.5) is 5.69 Å². The van der Waals surface area contributed by atoms with Gasteiger partial charge in [-0.15, -0.1) is 0 Å². The first-order chi connectivity index (χ1) is 13.8. The van der Waals surface area contributed by atoms with Crippen LogP contribution in [0.3, 0.4) is 0 Å². The summed E-state index contributed by atoms with van der Waals surface area (Å²) in [6.07, 6.45) is 2.00. The van der Waals surface area contributed by atoms with Crippen molar-refractivity contribution in [3.05, 3.63) is 54.1 Å². The molecule has 0 spiro atoms. The number of unbranched alkanes of at least 4 members (excludes halogenated alkanes) is 1. The predicted octanol–water partition coefficient (Wildman–Crippen LogP) is 4.08. The van der Waals surface area contributed by atoms with E-state index in [1.807, 2.05) is 43.3 Å². The van der Waals surface area contributed by atoms with E-state index in [4.69, 9.17) is 14.2 Å². The Bertz CT molecular complexity index is 720. The fraction of sp³-hybridized carbons (Fsp3) is 0.409. The van der Waals surface area contributed by atoms with Gasteiger partial charge < -0.3 is 24.8 Å². The van der Waals surface area contributed by atoms with E-state index in [0.717, 1.165) is 43.4 Å². The summed E-state index contributed by atoms with van der Waals surface area (Å²) in [5, 5.41) is 6.58. The second-order valence-electron chi connectivity index (χ2n) is 6.17. The molecule has 0 aromatic heterocycles. The van der Waals surface area contributed by atoms with Crippen LogP contribution in [0, 0.1) is 0 Å². The number of anilines is 1. The first-order valence-corrected chi connectivity index (χ1v) is 9.67. The summed E-state index contributed by atoms with van der Waals surface area (Å²) in [7, 11) is 3.39. The SMILES string of the molecule is CCOc1ccc(NC(=NC)NCCCCOCc2ccccc2)cc1OC. The van der Waals surface area contributed by atoms with Crippen LogP contribution in [-0.4, -0.2) is 39.9 Å². The Morgan fingerprint density at radius 2 is 1.86 bits per heavy atom. The summed E-state index contributed by atoms with van der Waals surface area (Å²) in [5.74, 6) is 2.14. The Kier molecular flexibility index (Phi) is 9.72. The number of nitrogens with zero attached hydrogens (tertiary/aromatic N) is 1. The molecule has 0 radical (unpaired) electrons. The van der Waals surface area contributed by atoms with Crippen molar-refractivity contribution in [2.75, 3.05) is 39.2 Å². The van der Waals surface area contributed by atoms with Crippen molar-refractivity contribution in [1.82, 2.24) is 5.32 Å². The van der Waals surface area contributed by atoms with E-state index in [2.05, 4.69) is 27.8 Å². The quantitative estimate of drug-likeness (QED) is 0.347. The lowest BCUT2D eigenvalue weighted by atomic mass is 10.2. The lowest BCUT2D eigenvalue weighted by Gasteiger charge is -2.14. The Morgan fingerprint density at radius 1 is 1.04 bits per heavy atom. The average molecular weight is 386 g/mol. The standard InChI is InChI=1S/C22H31N3O3/c1-4-28-20-13-12-19(16-21(20)26-3)25-22(23-2)24-14-8-9-15-27-17-18-10-6-5-7-11-18/h5-7,10-13,16H,4,8-9,14-15,17H2,1-3H3,(H2,23,24,25). The minimum absolute atomic E-state index is 0.599. The van der Waals surface area contributed by atoms with Crippen LogP contribution < -0.4 is 20.1 Å². The van der Waals surface area contributed by atoms with Crippen molar-refractivity contribution < 1.29 is 14.2 Å². The average Bonchev–Trinajstić information content (AvgIpc) is 2.74. The van der Waals surface area contributed by atoms with Gasteiger partial charge in [0.25, 0.3) is 0 Å². The topological polar surface area (TPSA) is 64.1 Å². The number of hydrogen-bond donors (Lipinski definition) is 2. The molecule has 0 atom stereocenters. The number of benzene rings is 2. The van der Waals surface area contributed by atoms with E-state index >= 15 is 0 Å². The fourth-order valence-corrected chi connectivity index (χ4v) is 2.64. The largest absolute Gasteiger partial charge is 0.493 e. The monoisotopic (exact) mass is 385 g/mol. The van der Waals surface area contributed by atoms with Gasteiger partial charge in [-0.3, -0.25) is 4.99 Å². The summed E-state index contributed by atoms with van der Waals surface area (Å²) in [6, 6.07) is 16.0. The zero-order chi connectivity index (χ0) is 20.0. The fourth-order valence-electron chi connectivity index (χ4n) is 2.64. The van der Waals surface area contributed by atoms with Crippen LogP contribution in [0.5, 0.6) is 11.5 Å². The molecule has 2 aromatic carbocycles. The summed E-state index contributed by atoms with van der Waals surface area (Å²) in [6.45, 7) is 4.78. The van der Waals surface area contributed by atoms with Crippen LogP contribution in [0.25, 0.3) is 0 Å².